The molecule has 0 atom stereocenters. The number of fused-ring (bicyclic) bond motifs is 1. The van der Waals surface area contributed by atoms with Crippen molar-refractivity contribution in [1.82, 2.24) is 5.32 Å². The minimum absolute atomic E-state index is 0.0697. The van der Waals surface area contributed by atoms with E-state index in [-0.39, 0.29) is 28.6 Å². The van der Waals surface area contributed by atoms with Gasteiger partial charge in [0.1, 0.15) is 10.7 Å². The highest BCUT2D eigenvalue weighted by Crippen LogP contribution is 2.62. The number of halogens is 1. The van der Waals surface area contributed by atoms with Crippen molar-refractivity contribution in [2.75, 3.05) is 5.73 Å². The third-order valence-electron chi connectivity index (χ3n) is 5.19. The molecule has 112 valence electrons. The van der Waals surface area contributed by atoms with Crippen LogP contribution in [0, 0.1) is 16.6 Å². The van der Waals surface area contributed by atoms with Crippen molar-refractivity contribution in [1.29, 1.82) is 0 Å². The van der Waals surface area contributed by atoms with Crippen molar-refractivity contribution in [3.8, 4) is 0 Å². The van der Waals surface area contributed by atoms with E-state index >= 15 is 0 Å². The fourth-order valence-corrected chi connectivity index (χ4v) is 4.02. The molecule has 1 fully saturated rings. The maximum absolute atomic E-state index is 13.3. The number of benzene rings is 1. The average molecular weight is 306 g/mol. The Balaban J connectivity index is 1.91. The van der Waals surface area contributed by atoms with Gasteiger partial charge < -0.3 is 11.1 Å². The van der Waals surface area contributed by atoms with E-state index < -0.39 is 0 Å². The lowest BCUT2D eigenvalue weighted by molar-refractivity contribution is 0.0948. The summed E-state index contributed by atoms with van der Waals surface area (Å²) in [4.78, 5) is 12.9. The van der Waals surface area contributed by atoms with Gasteiger partial charge in [0.25, 0.3) is 5.91 Å². The number of rotatable bonds is 2. The zero-order valence-electron chi connectivity index (χ0n) is 12.6. The average Bonchev–Trinajstić information content (AvgIpc) is 2.69. The second-order valence-corrected chi connectivity index (χ2v) is 7.89. The molecular weight excluding hydrogens is 287 g/mol. The van der Waals surface area contributed by atoms with Crippen LogP contribution in [0.15, 0.2) is 18.2 Å². The van der Waals surface area contributed by atoms with Crippen molar-refractivity contribution in [2.45, 2.75) is 33.7 Å². The Kier molecular flexibility index (Phi) is 2.86. The van der Waals surface area contributed by atoms with Gasteiger partial charge in [0, 0.05) is 16.1 Å². The summed E-state index contributed by atoms with van der Waals surface area (Å²) in [6, 6.07) is 4.54. The molecule has 2 aromatic rings. The van der Waals surface area contributed by atoms with Crippen LogP contribution in [0.5, 0.6) is 0 Å². The summed E-state index contributed by atoms with van der Waals surface area (Å²) in [5.41, 5.74) is 6.53. The first kappa shape index (κ1) is 14.3. The van der Waals surface area contributed by atoms with Gasteiger partial charge in [-0.25, -0.2) is 4.39 Å². The molecule has 3 nitrogen and oxygen atoms in total. The van der Waals surface area contributed by atoms with Gasteiger partial charge in [-0.3, -0.25) is 4.79 Å². The molecule has 0 spiro atoms. The zero-order chi connectivity index (χ0) is 15.6. The molecule has 1 heterocycles. The monoisotopic (exact) mass is 306 g/mol. The molecule has 1 aliphatic rings. The first-order valence-electron chi connectivity index (χ1n) is 6.94. The number of thiophene rings is 1. The highest BCUT2D eigenvalue weighted by molar-refractivity contribution is 7.21. The van der Waals surface area contributed by atoms with Crippen LogP contribution in [-0.4, -0.2) is 11.9 Å². The largest absolute Gasteiger partial charge is 0.397 e. The quantitative estimate of drug-likeness (QED) is 0.887. The van der Waals surface area contributed by atoms with Crippen LogP contribution >= 0.6 is 11.3 Å². The molecule has 1 aromatic heterocycles. The highest BCUT2D eigenvalue weighted by atomic mass is 32.1. The molecule has 0 saturated heterocycles. The fraction of sp³-hybridized carbons (Fsp3) is 0.438. The standard InChI is InChI=1S/C16H19FN2OS/c1-15(2)14(16(15,3)4)19-13(20)12-11(18)9-7-8(17)5-6-10(9)21-12/h5-7,14H,18H2,1-4H3,(H,19,20). The summed E-state index contributed by atoms with van der Waals surface area (Å²) in [5, 5.41) is 3.68. The van der Waals surface area contributed by atoms with Crippen LogP contribution in [-0.2, 0) is 0 Å². The summed E-state index contributed by atoms with van der Waals surface area (Å²) in [7, 11) is 0. The smallest absolute Gasteiger partial charge is 0.263 e. The Morgan fingerprint density at radius 1 is 1.29 bits per heavy atom. The second kappa shape index (κ2) is 4.19. The Morgan fingerprint density at radius 2 is 1.90 bits per heavy atom. The van der Waals surface area contributed by atoms with E-state index in [0.717, 1.165) is 4.70 Å². The number of nitrogens with one attached hydrogen (secondary N) is 1. The number of carbonyl (C=O) groups excluding carboxylic acids is 1. The van der Waals surface area contributed by atoms with Crippen LogP contribution in [0.1, 0.15) is 37.4 Å². The number of carbonyl (C=O) groups is 1. The third-order valence-corrected chi connectivity index (χ3v) is 6.38. The zero-order valence-corrected chi connectivity index (χ0v) is 13.4. The predicted molar refractivity (Wildman–Crippen MR) is 85.0 cm³/mol. The van der Waals surface area contributed by atoms with Crippen molar-refractivity contribution < 1.29 is 9.18 Å². The lowest BCUT2D eigenvalue weighted by Crippen LogP contribution is -2.29. The topological polar surface area (TPSA) is 55.1 Å². The molecule has 0 unspecified atom stereocenters. The Bertz CT molecular complexity index is 734. The Hall–Kier alpha value is -1.62. The van der Waals surface area contributed by atoms with Crippen molar-refractivity contribution in [2.24, 2.45) is 10.8 Å². The van der Waals surface area contributed by atoms with E-state index in [4.69, 9.17) is 5.73 Å². The summed E-state index contributed by atoms with van der Waals surface area (Å²) in [6.07, 6.45) is 0. The summed E-state index contributed by atoms with van der Waals surface area (Å²) >= 11 is 1.31. The first-order valence-corrected chi connectivity index (χ1v) is 7.76. The van der Waals surface area contributed by atoms with Gasteiger partial charge in [0.15, 0.2) is 0 Å². The van der Waals surface area contributed by atoms with Gasteiger partial charge in [-0.15, -0.1) is 11.3 Å². The molecule has 5 heteroatoms. The van der Waals surface area contributed by atoms with Gasteiger partial charge in [0.05, 0.1) is 5.69 Å². The van der Waals surface area contributed by atoms with Crippen LogP contribution in [0.4, 0.5) is 10.1 Å². The van der Waals surface area contributed by atoms with Crippen LogP contribution in [0.2, 0.25) is 0 Å². The fourth-order valence-electron chi connectivity index (χ4n) is 3.01. The maximum atomic E-state index is 13.3. The number of anilines is 1. The van der Waals surface area contributed by atoms with Crippen molar-refractivity contribution >= 4 is 33.0 Å². The molecule has 21 heavy (non-hydrogen) atoms. The molecule has 1 aliphatic carbocycles. The lowest BCUT2D eigenvalue weighted by Gasteiger charge is -2.06. The SMILES string of the molecule is CC1(C)C(NC(=O)c2sc3ccc(F)cc3c2N)C1(C)C. The molecule has 3 N–H and O–H groups in total. The van der Waals surface area contributed by atoms with Crippen molar-refractivity contribution in [3.63, 3.8) is 0 Å². The molecule has 1 saturated carbocycles. The van der Waals surface area contributed by atoms with E-state index in [9.17, 15) is 9.18 Å². The molecule has 0 bridgehead atoms. The second-order valence-electron chi connectivity index (χ2n) is 6.84. The van der Waals surface area contributed by atoms with Gasteiger partial charge >= 0.3 is 0 Å². The maximum Gasteiger partial charge on any atom is 0.263 e. The number of nitrogen functional groups attached to an aromatic ring is 1. The minimum atomic E-state index is -0.344. The highest BCUT2D eigenvalue weighted by Gasteiger charge is 2.65. The number of nitrogens with two attached hydrogens (primary N) is 1. The van der Waals surface area contributed by atoms with E-state index in [1.165, 1.54) is 23.5 Å². The lowest BCUT2D eigenvalue weighted by atomic mass is 10.0. The summed E-state index contributed by atoms with van der Waals surface area (Å²) in [6.45, 7) is 8.56. The predicted octanol–water partition coefficient (Wildman–Crippen LogP) is 3.79. The molecule has 3 rings (SSSR count). The van der Waals surface area contributed by atoms with Crippen LogP contribution in [0.3, 0.4) is 0 Å². The Labute approximate surface area is 127 Å². The number of hydrogen-bond donors (Lipinski definition) is 2. The van der Waals surface area contributed by atoms with E-state index in [1.807, 2.05) is 0 Å². The normalized spacial score (nSPS) is 19.7. The van der Waals surface area contributed by atoms with Gasteiger partial charge in [-0.2, -0.15) is 0 Å². The minimum Gasteiger partial charge on any atom is -0.397 e. The first-order chi connectivity index (χ1) is 9.66. The van der Waals surface area contributed by atoms with Gasteiger partial charge in [-0.05, 0) is 29.0 Å². The van der Waals surface area contributed by atoms with Crippen molar-refractivity contribution in [3.05, 3.63) is 28.9 Å². The Morgan fingerprint density at radius 3 is 2.48 bits per heavy atom. The molecule has 0 radical (unpaired) electrons. The van der Waals surface area contributed by atoms with E-state index in [0.29, 0.717) is 16.0 Å². The summed E-state index contributed by atoms with van der Waals surface area (Å²) < 4.78 is 14.1. The summed E-state index contributed by atoms with van der Waals surface area (Å²) in [5.74, 6) is -0.513. The number of amides is 1. The molecule has 1 aromatic carbocycles. The number of hydrogen-bond acceptors (Lipinski definition) is 3. The van der Waals surface area contributed by atoms with Gasteiger partial charge in [0.2, 0.25) is 0 Å². The van der Waals surface area contributed by atoms with Crippen LogP contribution < -0.4 is 11.1 Å². The third kappa shape index (κ3) is 1.94. The molecule has 1 amide bonds. The molecular formula is C16H19FN2OS. The van der Waals surface area contributed by atoms with E-state index in [2.05, 4.69) is 33.0 Å². The molecule has 0 aliphatic heterocycles. The van der Waals surface area contributed by atoms with Gasteiger partial charge in [-0.1, -0.05) is 27.7 Å². The van der Waals surface area contributed by atoms with Crippen LogP contribution in [0.25, 0.3) is 10.1 Å². The van der Waals surface area contributed by atoms with E-state index in [1.54, 1.807) is 6.07 Å².